The van der Waals surface area contributed by atoms with E-state index in [0.29, 0.717) is 49.5 Å². The molecule has 3 aliphatic rings. The average Bonchev–Trinajstić information content (AvgIpc) is 3.42. The van der Waals surface area contributed by atoms with Crippen LogP contribution in [0.15, 0.2) is 30.6 Å². The van der Waals surface area contributed by atoms with Crippen LogP contribution in [-0.2, 0) is 21.7 Å². The van der Waals surface area contributed by atoms with Gasteiger partial charge in [-0.05, 0) is 18.2 Å². The minimum atomic E-state index is -0.662. The van der Waals surface area contributed by atoms with E-state index in [1.54, 1.807) is 31.4 Å². The van der Waals surface area contributed by atoms with Crippen molar-refractivity contribution in [1.82, 2.24) is 19.8 Å². The zero-order valence-electron chi connectivity index (χ0n) is 16.1. The monoisotopic (exact) mass is 398 g/mol. The fourth-order valence-corrected chi connectivity index (χ4v) is 4.32. The first-order valence-corrected chi connectivity index (χ1v) is 9.69. The summed E-state index contributed by atoms with van der Waals surface area (Å²) in [4.78, 5) is 31.5. The molecule has 9 nitrogen and oxygen atoms in total. The molecule has 0 radical (unpaired) electrons. The zero-order valence-corrected chi connectivity index (χ0v) is 16.1. The van der Waals surface area contributed by atoms with E-state index in [4.69, 9.17) is 14.2 Å². The van der Waals surface area contributed by atoms with Gasteiger partial charge in [-0.15, -0.1) is 0 Å². The van der Waals surface area contributed by atoms with E-state index >= 15 is 0 Å². The molecule has 1 saturated heterocycles. The van der Waals surface area contributed by atoms with Crippen LogP contribution in [0.4, 0.5) is 0 Å². The van der Waals surface area contributed by atoms with E-state index in [0.717, 1.165) is 5.82 Å². The highest BCUT2D eigenvalue weighted by Gasteiger charge is 2.47. The Labute approximate surface area is 167 Å². The highest BCUT2D eigenvalue weighted by molar-refractivity contribution is 5.95. The second kappa shape index (κ2) is 6.77. The first kappa shape index (κ1) is 18.0. The van der Waals surface area contributed by atoms with Crippen molar-refractivity contribution < 1.29 is 23.8 Å². The summed E-state index contributed by atoms with van der Waals surface area (Å²) in [5.41, 5.74) is -0.0931. The molecule has 9 heteroatoms. The van der Waals surface area contributed by atoms with Crippen molar-refractivity contribution in [3.05, 3.63) is 42.0 Å². The lowest BCUT2D eigenvalue weighted by molar-refractivity contribution is -0.171. The number of nitrogens with zero attached hydrogens (tertiary/aromatic N) is 3. The molecule has 1 aromatic carbocycles. The maximum Gasteiger partial charge on any atom is 0.253 e. The third kappa shape index (κ3) is 2.93. The Morgan fingerprint density at radius 3 is 2.79 bits per heavy atom. The predicted octanol–water partition coefficient (Wildman–Crippen LogP) is 0.888. The van der Waals surface area contributed by atoms with Crippen LogP contribution < -0.4 is 14.8 Å². The topological polar surface area (TPSA) is 94.9 Å². The number of imidazole rings is 1. The number of hydrogen-bond donors (Lipinski definition) is 1. The molecule has 1 aromatic heterocycles. The second-order valence-electron chi connectivity index (χ2n) is 7.48. The summed E-state index contributed by atoms with van der Waals surface area (Å²) in [6.07, 6.45) is 4.19. The van der Waals surface area contributed by atoms with Crippen LogP contribution in [0.5, 0.6) is 11.5 Å². The Bertz CT molecular complexity index is 964. The number of carbonyl (C=O) groups excluding carboxylic acids is 2. The number of ether oxygens (including phenoxy) is 3. The molecule has 2 aromatic rings. The van der Waals surface area contributed by atoms with Gasteiger partial charge in [-0.25, -0.2) is 4.98 Å². The largest absolute Gasteiger partial charge is 0.454 e. The second-order valence-corrected chi connectivity index (χ2v) is 7.48. The number of likely N-dealkylation sites (tertiary alicyclic amines) is 1. The summed E-state index contributed by atoms with van der Waals surface area (Å²) in [5, 5.41) is 2.66. The Hall–Kier alpha value is -3.07. The molecule has 1 fully saturated rings. The SMILES string of the molecule is CNC(=O)[C@H]1Cn2ccnc2C2(CCN(C(=O)c3ccc4c(c3)OCO4)CC2)O1. The fraction of sp³-hybridized carbons (Fsp3) is 0.450. The molecular formula is C20H22N4O5. The van der Waals surface area contributed by atoms with Gasteiger partial charge in [0.2, 0.25) is 6.79 Å². The van der Waals surface area contributed by atoms with Crippen molar-refractivity contribution >= 4 is 11.8 Å². The third-order valence-corrected chi connectivity index (χ3v) is 5.87. The molecule has 0 unspecified atom stereocenters. The minimum Gasteiger partial charge on any atom is -0.454 e. The summed E-state index contributed by atoms with van der Waals surface area (Å²) in [7, 11) is 1.61. The average molecular weight is 398 g/mol. The maximum absolute atomic E-state index is 13.0. The van der Waals surface area contributed by atoms with E-state index in [9.17, 15) is 9.59 Å². The number of benzene rings is 1. The molecule has 5 rings (SSSR count). The highest BCUT2D eigenvalue weighted by Crippen LogP contribution is 2.40. The number of piperidine rings is 1. The summed E-state index contributed by atoms with van der Waals surface area (Å²) < 4.78 is 19.0. The van der Waals surface area contributed by atoms with E-state index < -0.39 is 11.7 Å². The van der Waals surface area contributed by atoms with Crippen LogP contribution in [0, 0.1) is 0 Å². The number of rotatable bonds is 2. The quantitative estimate of drug-likeness (QED) is 0.807. The lowest BCUT2D eigenvalue weighted by Crippen LogP contribution is -2.54. The van der Waals surface area contributed by atoms with Crippen molar-refractivity contribution in [2.75, 3.05) is 26.9 Å². The van der Waals surface area contributed by atoms with Crippen LogP contribution in [0.1, 0.15) is 29.0 Å². The number of carbonyl (C=O) groups is 2. The van der Waals surface area contributed by atoms with E-state index in [-0.39, 0.29) is 18.6 Å². The normalized spacial score (nSPS) is 21.7. The van der Waals surface area contributed by atoms with E-state index in [1.165, 1.54) is 0 Å². The van der Waals surface area contributed by atoms with Crippen LogP contribution in [0.25, 0.3) is 0 Å². The molecule has 4 heterocycles. The standard InChI is InChI=1S/C20H22N4O5/c1-21-17(25)16-11-24-9-6-22-19(24)20(29-16)4-7-23(8-5-20)18(26)13-2-3-14-15(10-13)28-12-27-14/h2-3,6,9-10,16H,4-5,7-8,11-12H2,1H3,(H,21,25)/t16-/m1/s1. The number of aromatic nitrogens is 2. The Morgan fingerprint density at radius 1 is 1.21 bits per heavy atom. The van der Waals surface area contributed by atoms with Gasteiger partial charge >= 0.3 is 0 Å². The van der Waals surface area contributed by atoms with Gasteiger partial charge in [0, 0.05) is 50.9 Å². The molecule has 1 atom stereocenters. The molecule has 1 spiro atoms. The van der Waals surface area contributed by atoms with Crippen molar-refractivity contribution in [2.45, 2.75) is 31.1 Å². The minimum absolute atomic E-state index is 0.0554. The first-order valence-electron chi connectivity index (χ1n) is 9.69. The molecule has 2 amide bonds. The van der Waals surface area contributed by atoms with Gasteiger partial charge in [0.05, 0.1) is 6.54 Å². The molecule has 3 aliphatic heterocycles. The van der Waals surface area contributed by atoms with Crippen molar-refractivity contribution in [3.63, 3.8) is 0 Å². The molecule has 0 aliphatic carbocycles. The number of hydrogen-bond acceptors (Lipinski definition) is 6. The Kier molecular flexibility index (Phi) is 4.20. The first-order chi connectivity index (χ1) is 14.1. The zero-order chi connectivity index (χ0) is 20.0. The van der Waals surface area contributed by atoms with E-state index in [2.05, 4.69) is 10.3 Å². The van der Waals surface area contributed by atoms with Crippen LogP contribution in [0.3, 0.4) is 0 Å². The molecule has 0 saturated carbocycles. The van der Waals surface area contributed by atoms with Crippen molar-refractivity contribution in [2.24, 2.45) is 0 Å². The fourth-order valence-electron chi connectivity index (χ4n) is 4.32. The van der Waals surface area contributed by atoms with Gasteiger partial charge in [0.25, 0.3) is 11.8 Å². The van der Waals surface area contributed by atoms with Crippen LogP contribution in [-0.4, -0.2) is 59.3 Å². The summed E-state index contributed by atoms with van der Waals surface area (Å²) in [5.74, 6) is 1.87. The molecular weight excluding hydrogens is 376 g/mol. The number of fused-ring (bicyclic) bond motifs is 3. The number of likely N-dealkylation sites (N-methyl/N-ethyl adjacent to an activating group) is 1. The summed E-state index contributed by atoms with van der Waals surface area (Å²) in [6, 6.07) is 5.24. The third-order valence-electron chi connectivity index (χ3n) is 5.87. The van der Waals surface area contributed by atoms with Gasteiger partial charge in [0.15, 0.2) is 17.6 Å². The van der Waals surface area contributed by atoms with Gasteiger partial charge in [-0.3, -0.25) is 9.59 Å². The Morgan fingerprint density at radius 2 is 2.00 bits per heavy atom. The number of nitrogens with one attached hydrogen (secondary N) is 1. The van der Waals surface area contributed by atoms with E-state index in [1.807, 2.05) is 15.7 Å². The van der Waals surface area contributed by atoms with Gasteiger partial charge in [-0.1, -0.05) is 0 Å². The summed E-state index contributed by atoms with van der Waals surface area (Å²) in [6.45, 7) is 1.65. The molecule has 0 bridgehead atoms. The van der Waals surface area contributed by atoms with Crippen LogP contribution >= 0.6 is 0 Å². The lowest BCUT2D eigenvalue weighted by Gasteiger charge is -2.45. The smallest absolute Gasteiger partial charge is 0.253 e. The maximum atomic E-state index is 13.0. The molecule has 152 valence electrons. The van der Waals surface area contributed by atoms with Gasteiger partial charge in [-0.2, -0.15) is 0 Å². The number of amides is 2. The predicted molar refractivity (Wildman–Crippen MR) is 101 cm³/mol. The lowest BCUT2D eigenvalue weighted by atomic mass is 9.88. The highest BCUT2D eigenvalue weighted by atomic mass is 16.7. The van der Waals surface area contributed by atoms with Crippen molar-refractivity contribution in [3.8, 4) is 11.5 Å². The van der Waals surface area contributed by atoms with Gasteiger partial charge in [0.1, 0.15) is 11.4 Å². The summed E-state index contributed by atoms with van der Waals surface area (Å²) >= 11 is 0. The Balaban J connectivity index is 1.34. The molecule has 1 N–H and O–H groups in total. The van der Waals surface area contributed by atoms with Gasteiger partial charge < -0.3 is 29.0 Å². The van der Waals surface area contributed by atoms with Crippen molar-refractivity contribution in [1.29, 1.82) is 0 Å². The molecule has 29 heavy (non-hydrogen) atoms. The van der Waals surface area contributed by atoms with Crippen LogP contribution in [0.2, 0.25) is 0 Å².